The van der Waals surface area contributed by atoms with Crippen molar-refractivity contribution >= 4 is 33.3 Å². The molecule has 2 aromatic heterocycles. The van der Waals surface area contributed by atoms with Gasteiger partial charge in [-0.2, -0.15) is 9.78 Å². The summed E-state index contributed by atoms with van der Waals surface area (Å²) in [5.41, 5.74) is 6.44. The van der Waals surface area contributed by atoms with Gasteiger partial charge in [-0.1, -0.05) is 55.5 Å². The van der Waals surface area contributed by atoms with Crippen LogP contribution in [0.4, 0.5) is 5.82 Å². The third kappa shape index (κ3) is 4.14. The van der Waals surface area contributed by atoms with E-state index in [-0.39, 0.29) is 5.91 Å². The van der Waals surface area contributed by atoms with E-state index < -0.39 is 0 Å². The maximum absolute atomic E-state index is 12.7. The van der Waals surface area contributed by atoms with E-state index in [0.717, 1.165) is 32.2 Å². The normalized spacial score (nSPS) is 11.4. The first-order chi connectivity index (χ1) is 14.3. The molecule has 4 rings (SSSR count). The predicted octanol–water partition coefficient (Wildman–Crippen LogP) is 5.71. The van der Waals surface area contributed by atoms with Crippen LogP contribution in [-0.2, 0) is 11.2 Å². The predicted molar refractivity (Wildman–Crippen MR) is 124 cm³/mol. The molecule has 5 nitrogen and oxygen atoms in total. The zero-order chi connectivity index (χ0) is 21.4. The highest BCUT2D eigenvalue weighted by atomic mass is 32.1. The van der Waals surface area contributed by atoms with Gasteiger partial charge in [0.05, 0.1) is 22.3 Å². The maximum atomic E-state index is 12.7. The molecule has 0 saturated carbocycles. The molecule has 2 aromatic carbocycles. The van der Waals surface area contributed by atoms with Gasteiger partial charge in [0.15, 0.2) is 0 Å². The van der Waals surface area contributed by atoms with Crippen molar-refractivity contribution in [3.05, 3.63) is 70.4 Å². The number of benzene rings is 2. The van der Waals surface area contributed by atoms with Crippen molar-refractivity contribution in [2.24, 2.45) is 0 Å². The summed E-state index contributed by atoms with van der Waals surface area (Å²) in [7, 11) is 0. The molecule has 0 spiro atoms. The first-order valence-corrected chi connectivity index (χ1v) is 11.0. The van der Waals surface area contributed by atoms with Gasteiger partial charge in [0.2, 0.25) is 11.0 Å². The number of thiazole rings is 1. The third-order valence-corrected chi connectivity index (χ3v) is 6.09. The largest absolute Gasteiger partial charge is 0.310 e. The number of carbonyl (C=O) groups is 1. The molecule has 0 aliphatic heterocycles. The highest BCUT2D eigenvalue weighted by Crippen LogP contribution is 2.30. The number of hydrogen-bond donors (Lipinski definition) is 1. The van der Waals surface area contributed by atoms with Crippen LogP contribution in [-0.4, -0.2) is 20.7 Å². The minimum Gasteiger partial charge on any atom is -0.310 e. The summed E-state index contributed by atoms with van der Waals surface area (Å²) >= 11 is 1.58. The smallest absolute Gasteiger partial charge is 0.229 e. The summed E-state index contributed by atoms with van der Waals surface area (Å²) in [6, 6.07) is 14.4. The molecule has 6 heteroatoms. The quantitative estimate of drug-likeness (QED) is 0.451. The van der Waals surface area contributed by atoms with Crippen molar-refractivity contribution in [1.82, 2.24) is 14.8 Å². The van der Waals surface area contributed by atoms with Gasteiger partial charge in [-0.3, -0.25) is 4.79 Å². The van der Waals surface area contributed by atoms with E-state index in [2.05, 4.69) is 62.4 Å². The number of nitrogens with zero attached hydrogens (tertiary/aromatic N) is 3. The lowest BCUT2D eigenvalue weighted by Gasteiger charge is -2.08. The van der Waals surface area contributed by atoms with Crippen LogP contribution in [0.15, 0.2) is 42.5 Å². The standard InChI is InChI=1S/C24H26N4OS/c1-14(2)19-8-6-18(7-9-19)13-22(29)25-21-12-17(5)27-28(21)24-26-23-16(4)10-15(3)11-20(23)30-24/h6-12,14H,13H2,1-5H3,(H,25,29). The monoisotopic (exact) mass is 418 g/mol. The molecule has 0 radical (unpaired) electrons. The highest BCUT2D eigenvalue weighted by Gasteiger charge is 2.16. The van der Waals surface area contributed by atoms with Gasteiger partial charge in [0.25, 0.3) is 0 Å². The molecule has 0 aliphatic rings. The Balaban J connectivity index is 1.57. The SMILES string of the molecule is Cc1cc(C)c2nc(-n3nc(C)cc3NC(=O)Cc3ccc(C(C)C)cc3)sc2c1. The maximum Gasteiger partial charge on any atom is 0.229 e. The molecular weight excluding hydrogens is 392 g/mol. The van der Waals surface area contributed by atoms with E-state index in [4.69, 9.17) is 4.98 Å². The summed E-state index contributed by atoms with van der Waals surface area (Å²) < 4.78 is 2.85. The zero-order valence-electron chi connectivity index (χ0n) is 18.0. The summed E-state index contributed by atoms with van der Waals surface area (Å²) in [4.78, 5) is 17.5. The fourth-order valence-corrected chi connectivity index (χ4v) is 4.68. The Hall–Kier alpha value is -2.99. The van der Waals surface area contributed by atoms with Crippen molar-refractivity contribution in [3.63, 3.8) is 0 Å². The number of nitrogens with one attached hydrogen (secondary N) is 1. The number of rotatable bonds is 5. The minimum absolute atomic E-state index is 0.0680. The Bertz CT molecular complexity index is 1220. The van der Waals surface area contributed by atoms with Crippen LogP contribution in [0.25, 0.3) is 15.3 Å². The van der Waals surface area contributed by atoms with Crippen molar-refractivity contribution < 1.29 is 4.79 Å². The number of carbonyl (C=O) groups excluding carboxylic acids is 1. The van der Waals surface area contributed by atoms with Crippen molar-refractivity contribution in [2.45, 2.75) is 47.0 Å². The van der Waals surface area contributed by atoms with Crippen LogP contribution in [0.3, 0.4) is 0 Å². The van der Waals surface area contributed by atoms with Gasteiger partial charge in [-0.05, 0) is 55.0 Å². The Morgan fingerprint density at radius 2 is 1.83 bits per heavy atom. The minimum atomic E-state index is -0.0680. The molecule has 154 valence electrons. The first kappa shape index (κ1) is 20.3. The number of anilines is 1. The fraction of sp³-hybridized carbons (Fsp3) is 0.292. The fourth-order valence-electron chi connectivity index (χ4n) is 3.58. The van der Waals surface area contributed by atoms with Gasteiger partial charge in [-0.25, -0.2) is 4.98 Å². The molecule has 0 aliphatic carbocycles. The van der Waals surface area contributed by atoms with Crippen LogP contribution in [0.1, 0.15) is 47.7 Å². The number of aryl methyl sites for hydroxylation is 3. The number of hydrogen-bond acceptors (Lipinski definition) is 4. The number of amides is 1. The molecule has 1 amide bonds. The Kier molecular flexibility index (Phi) is 5.43. The average Bonchev–Trinajstić information content (AvgIpc) is 3.25. The summed E-state index contributed by atoms with van der Waals surface area (Å²) in [6.45, 7) is 10.4. The molecule has 0 saturated heterocycles. The van der Waals surface area contributed by atoms with Gasteiger partial charge < -0.3 is 5.32 Å². The lowest BCUT2D eigenvalue weighted by molar-refractivity contribution is -0.115. The van der Waals surface area contributed by atoms with Crippen molar-refractivity contribution in [3.8, 4) is 5.13 Å². The van der Waals surface area contributed by atoms with Crippen LogP contribution in [0, 0.1) is 20.8 Å². The lowest BCUT2D eigenvalue weighted by atomic mass is 10.0. The molecule has 1 N–H and O–H groups in total. The molecule has 30 heavy (non-hydrogen) atoms. The third-order valence-electron chi connectivity index (χ3n) is 5.11. The van der Waals surface area contributed by atoms with E-state index in [1.807, 2.05) is 25.1 Å². The summed E-state index contributed by atoms with van der Waals surface area (Å²) in [5, 5.41) is 8.34. The van der Waals surface area contributed by atoms with E-state index in [0.29, 0.717) is 18.2 Å². The molecule has 0 unspecified atom stereocenters. The lowest BCUT2D eigenvalue weighted by Crippen LogP contribution is -2.17. The topological polar surface area (TPSA) is 59.8 Å². The zero-order valence-corrected chi connectivity index (χ0v) is 18.8. The molecular formula is C24H26N4OS. The molecule has 2 heterocycles. The second-order valence-electron chi connectivity index (χ2n) is 8.13. The van der Waals surface area contributed by atoms with Gasteiger partial charge >= 0.3 is 0 Å². The van der Waals surface area contributed by atoms with Crippen LogP contribution >= 0.6 is 11.3 Å². The van der Waals surface area contributed by atoms with Crippen LogP contribution in [0.5, 0.6) is 0 Å². The number of aromatic nitrogens is 3. The highest BCUT2D eigenvalue weighted by molar-refractivity contribution is 7.20. The van der Waals surface area contributed by atoms with Gasteiger partial charge in [0, 0.05) is 6.07 Å². The van der Waals surface area contributed by atoms with Crippen molar-refractivity contribution in [2.75, 3.05) is 5.32 Å². The molecule has 0 bridgehead atoms. The Morgan fingerprint density at radius 3 is 2.53 bits per heavy atom. The second kappa shape index (κ2) is 8.03. The van der Waals surface area contributed by atoms with E-state index in [9.17, 15) is 4.79 Å². The van der Waals surface area contributed by atoms with Gasteiger partial charge in [0.1, 0.15) is 5.82 Å². The Morgan fingerprint density at radius 1 is 1.10 bits per heavy atom. The van der Waals surface area contributed by atoms with Crippen LogP contribution in [0.2, 0.25) is 0 Å². The first-order valence-electron chi connectivity index (χ1n) is 10.1. The van der Waals surface area contributed by atoms with E-state index in [1.54, 1.807) is 16.0 Å². The van der Waals surface area contributed by atoms with Gasteiger partial charge in [-0.15, -0.1) is 0 Å². The Labute approximate surface area is 180 Å². The average molecular weight is 419 g/mol. The second-order valence-corrected chi connectivity index (χ2v) is 9.14. The molecule has 0 fully saturated rings. The van der Waals surface area contributed by atoms with Crippen molar-refractivity contribution in [1.29, 1.82) is 0 Å². The molecule has 0 atom stereocenters. The number of fused-ring (bicyclic) bond motifs is 1. The summed E-state index contributed by atoms with van der Waals surface area (Å²) in [5.74, 6) is 1.05. The molecule has 4 aromatic rings. The summed E-state index contributed by atoms with van der Waals surface area (Å²) in [6.07, 6.45) is 0.320. The van der Waals surface area contributed by atoms with E-state index >= 15 is 0 Å². The van der Waals surface area contributed by atoms with E-state index in [1.165, 1.54) is 11.1 Å². The van der Waals surface area contributed by atoms with Crippen LogP contribution < -0.4 is 5.32 Å².